The van der Waals surface area contributed by atoms with Crippen LogP contribution in [0.5, 0.6) is 0 Å². The number of aliphatic hydroxyl groups excluding tert-OH is 2. The van der Waals surface area contributed by atoms with Crippen molar-refractivity contribution in [2.45, 2.75) is 206 Å². The van der Waals surface area contributed by atoms with Crippen LogP contribution in [0.4, 0.5) is 0 Å². The fourth-order valence-corrected chi connectivity index (χ4v) is 6.23. The number of hydrogen-bond acceptors (Lipinski definition) is 5. The maximum absolute atomic E-state index is 13.1. The quantitative estimate of drug-likeness (QED) is 0.0252. The first-order valence-electron chi connectivity index (χ1n) is 22.4. The standard InChI is InChI=1S/C49H83NO5/c1-4-7-10-13-16-19-22-23-24-25-27-28-31-34-37-40-45(55-49(54)42-39-36-33-30-21-18-15-12-9-6-3)43-48(53)50-46(44-51)47(52)41-38-35-32-29-26-20-17-14-11-8-5-2/h7,10,12-13,15-16,19,22-25,27-28,31,45-47,51-52H,4-6,8-9,11,14,17-18,20-21,26,29-30,32-44H2,1-3H3,(H,50,53)/b10-7-,15-12-,16-13+,22-19+,24-23-,27-25+,31-28+. The highest BCUT2D eigenvalue weighted by Gasteiger charge is 2.24. The molecule has 0 aromatic rings. The van der Waals surface area contributed by atoms with E-state index in [9.17, 15) is 19.8 Å². The zero-order valence-corrected chi connectivity index (χ0v) is 35.5. The second kappa shape index (κ2) is 42.2. The van der Waals surface area contributed by atoms with Gasteiger partial charge in [0, 0.05) is 6.42 Å². The van der Waals surface area contributed by atoms with Gasteiger partial charge in [-0.25, -0.2) is 0 Å². The van der Waals surface area contributed by atoms with Crippen molar-refractivity contribution in [3.63, 3.8) is 0 Å². The van der Waals surface area contributed by atoms with Gasteiger partial charge in [-0.15, -0.1) is 0 Å². The zero-order chi connectivity index (χ0) is 40.3. The van der Waals surface area contributed by atoms with Gasteiger partial charge in [-0.2, -0.15) is 0 Å². The van der Waals surface area contributed by atoms with E-state index >= 15 is 0 Å². The van der Waals surface area contributed by atoms with Gasteiger partial charge in [-0.3, -0.25) is 9.59 Å². The van der Waals surface area contributed by atoms with Crippen LogP contribution >= 0.6 is 0 Å². The molecule has 0 bridgehead atoms. The van der Waals surface area contributed by atoms with Gasteiger partial charge in [0.2, 0.25) is 5.91 Å². The summed E-state index contributed by atoms with van der Waals surface area (Å²) in [4.78, 5) is 25.9. The van der Waals surface area contributed by atoms with Gasteiger partial charge in [0.15, 0.2) is 0 Å². The van der Waals surface area contributed by atoms with E-state index in [1.807, 2.05) is 60.8 Å². The van der Waals surface area contributed by atoms with Crippen LogP contribution in [0.2, 0.25) is 0 Å². The monoisotopic (exact) mass is 766 g/mol. The summed E-state index contributed by atoms with van der Waals surface area (Å²) in [5.41, 5.74) is 0. The molecular formula is C49H83NO5. The molecule has 0 saturated carbocycles. The SMILES string of the molecule is CC\C=C/C=C/C=C/C=C\C=C\C=C\CCCC(CC(=O)NC(CO)C(O)CCCCCCCCCCCCC)OC(=O)CCCCCCC/C=C\CCC. The minimum Gasteiger partial charge on any atom is -0.462 e. The molecule has 314 valence electrons. The second-order valence-corrected chi connectivity index (χ2v) is 14.9. The number of carbonyl (C=O) groups is 2. The van der Waals surface area contributed by atoms with Crippen LogP contribution in [-0.4, -0.2) is 46.9 Å². The molecule has 6 nitrogen and oxygen atoms in total. The summed E-state index contributed by atoms with van der Waals surface area (Å²) in [7, 11) is 0. The molecule has 0 heterocycles. The highest BCUT2D eigenvalue weighted by molar-refractivity contribution is 5.77. The summed E-state index contributed by atoms with van der Waals surface area (Å²) in [5.74, 6) is -0.571. The molecule has 0 aromatic heterocycles. The third kappa shape index (κ3) is 37.7. The normalized spacial score (nSPS) is 14.2. The Balaban J connectivity index is 4.80. The number of esters is 1. The lowest BCUT2D eigenvalue weighted by molar-refractivity contribution is -0.151. The van der Waals surface area contributed by atoms with E-state index < -0.39 is 18.2 Å². The molecule has 0 saturated heterocycles. The van der Waals surface area contributed by atoms with Crippen molar-refractivity contribution >= 4 is 11.9 Å². The Kier molecular flexibility index (Phi) is 39.9. The predicted molar refractivity (Wildman–Crippen MR) is 236 cm³/mol. The van der Waals surface area contributed by atoms with Crippen LogP contribution < -0.4 is 5.32 Å². The van der Waals surface area contributed by atoms with Gasteiger partial charge < -0.3 is 20.3 Å². The van der Waals surface area contributed by atoms with Gasteiger partial charge in [0.05, 0.1) is 25.2 Å². The molecule has 3 atom stereocenters. The van der Waals surface area contributed by atoms with E-state index in [0.717, 1.165) is 77.0 Å². The molecule has 6 heteroatoms. The number of carbonyl (C=O) groups excluding carboxylic acids is 2. The largest absolute Gasteiger partial charge is 0.462 e. The maximum Gasteiger partial charge on any atom is 0.306 e. The molecule has 3 unspecified atom stereocenters. The van der Waals surface area contributed by atoms with Crippen LogP contribution in [0.25, 0.3) is 0 Å². The molecule has 0 aromatic carbocycles. The smallest absolute Gasteiger partial charge is 0.306 e. The Morgan fingerprint density at radius 3 is 1.64 bits per heavy atom. The summed E-state index contributed by atoms with van der Waals surface area (Å²) in [5, 5.41) is 23.6. The molecule has 0 aliphatic carbocycles. The molecule has 0 spiro atoms. The fourth-order valence-electron chi connectivity index (χ4n) is 6.23. The van der Waals surface area contributed by atoms with Crippen LogP contribution in [0.1, 0.15) is 188 Å². The number of rotatable bonds is 38. The summed E-state index contributed by atoms with van der Waals surface area (Å²) in [6.07, 6.45) is 53.6. The van der Waals surface area contributed by atoms with Crippen molar-refractivity contribution < 1.29 is 24.5 Å². The molecule has 0 aliphatic heterocycles. The maximum atomic E-state index is 13.1. The van der Waals surface area contributed by atoms with Gasteiger partial charge >= 0.3 is 5.97 Å². The minimum atomic E-state index is -0.810. The van der Waals surface area contributed by atoms with Crippen molar-refractivity contribution in [1.82, 2.24) is 5.32 Å². The van der Waals surface area contributed by atoms with Crippen LogP contribution in [0.3, 0.4) is 0 Å². The molecule has 1 amide bonds. The molecule has 0 fully saturated rings. The number of unbranched alkanes of at least 4 members (excludes halogenated alkanes) is 17. The topological polar surface area (TPSA) is 95.9 Å². The van der Waals surface area contributed by atoms with E-state index in [4.69, 9.17) is 4.74 Å². The lowest BCUT2D eigenvalue weighted by Crippen LogP contribution is -2.46. The number of nitrogens with one attached hydrogen (secondary N) is 1. The van der Waals surface area contributed by atoms with E-state index in [2.05, 4.69) is 50.4 Å². The summed E-state index contributed by atoms with van der Waals surface area (Å²) in [6, 6.07) is -0.729. The third-order valence-electron chi connectivity index (χ3n) is 9.60. The highest BCUT2D eigenvalue weighted by atomic mass is 16.5. The zero-order valence-electron chi connectivity index (χ0n) is 35.5. The molecular weight excluding hydrogens is 683 g/mol. The van der Waals surface area contributed by atoms with Crippen molar-refractivity contribution in [2.24, 2.45) is 0 Å². The number of ether oxygens (including phenoxy) is 1. The Labute approximate surface area is 338 Å². The average molecular weight is 766 g/mol. The third-order valence-corrected chi connectivity index (χ3v) is 9.60. The lowest BCUT2D eigenvalue weighted by atomic mass is 10.0. The molecule has 0 radical (unpaired) electrons. The van der Waals surface area contributed by atoms with Crippen molar-refractivity contribution in [2.75, 3.05) is 6.61 Å². The van der Waals surface area contributed by atoms with Gasteiger partial charge in [-0.05, 0) is 57.8 Å². The Hall–Kier alpha value is -2.96. The molecule has 3 N–H and O–H groups in total. The van der Waals surface area contributed by atoms with Crippen molar-refractivity contribution in [1.29, 1.82) is 0 Å². The summed E-state index contributed by atoms with van der Waals surface area (Å²) < 4.78 is 5.85. The highest BCUT2D eigenvalue weighted by Crippen LogP contribution is 2.16. The van der Waals surface area contributed by atoms with Crippen molar-refractivity contribution in [3.8, 4) is 0 Å². The van der Waals surface area contributed by atoms with Gasteiger partial charge in [0.1, 0.15) is 6.10 Å². The minimum absolute atomic E-state index is 0.0188. The lowest BCUT2D eigenvalue weighted by Gasteiger charge is -2.24. The second-order valence-electron chi connectivity index (χ2n) is 14.9. The number of aliphatic hydroxyl groups is 2. The fraction of sp³-hybridized carbons (Fsp3) is 0.673. The van der Waals surface area contributed by atoms with E-state index in [1.165, 1.54) is 64.2 Å². The van der Waals surface area contributed by atoms with Gasteiger partial charge in [0.25, 0.3) is 0 Å². The first-order valence-corrected chi connectivity index (χ1v) is 22.4. The van der Waals surface area contributed by atoms with Crippen LogP contribution in [-0.2, 0) is 14.3 Å². The number of amides is 1. The molecule has 55 heavy (non-hydrogen) atoms. The average Bonchev–Trinajstić information content (AvgIpc) is 3.18. The van der Waals surface area contributed by atoms with E-state index in [1.54, 1.807) is 0 Å². The number of hydrogen-bond donors (Lipinski definition) is 3. The van der Waals surface area contributed by atoms with Gasteiger partial charge in [-0.1, -0.05) is 202 Å². The van der Waals surface area contributed by atoms with E-state index in [0.29, 0.717) is 19.3 Å². The Morgan fingerprint density at radius 1 is 0.545 bits per heavy atom. The van der Waals surface area contributed by atoms with Crippen molar-refractivity contribution in [3.05, 3.63) is 85.1 Å². The Morgan fingerprint density at radius 2 is 1.05 bits per heavy atom. The molecule has 0 aliphatic rings. The summed E-state index contributed by atoms with van der Waals surface area (Å²) in [6.45, 7) is 6.22. The first kappa shape index (κ1) is 52.0. The predicted octanol–water partition coefficient (Wildman–Crippen LogP) is 12.8. The summed E-state index contributed by atoms with van der Waals surface area (Å²) >= 11 is 0. The Bertz CT molecular complexity index is 1080. The van der Waals surface area contributed by atoms with Crippen LogP contribution in [0, 0.1) is 0 Å². The first-order chi connectivity index (χ1) is 27.0. The number of allylic oxidation sites excluding steroid dienone is 14. The molecule has 0 rings (SSSR count). The van der Waals surface area contributed by atoms with Crippen LogP contribution in [0.15, 0.2) is 85.1 Å². The van der Waals surface area contributed by atoms with E-state index in [-0.39, 0.29) is 24.9 Å².